The lowest BCUT2D eigenvalue weighted by Crippen LogP contribution is -2.32. The number of benzene rings is 2. The minimum Gasteiger partial charge on any atom is -0.386 e. The minimum absolute atomic E-state index is 0.000355. The summed E-state index contributed by atoms with van der Waals surface area (Å²) in [4.78, 5) is 25.3. The van der Waals surface area contributed by atoms with Crippen molar-refractivity contribution >= 4 is 55.2 Å². The smallest absolute Gasteiger partial charge is 0.347 e. The summed E-state index contributed by atoms with van der Waals surface area (Å²) in [6, 6.07) is 8.47. The highest BCUT2D eigenvalue weighted by molar-refractivity contribution is 7.88. The summed E-state index contributed by atoms with van der Waals surface area (Å²) in [5.74, 6) is -2.06. The summed E-state index contributed by atoms with van der Waals surface area (Å²) < 4.78 is 65.3. The molecule has 0 saturated heterocycles. The first-order chi connectivity index (χ1) is 18.2. The molecule has 0 bridgehead atoms. The topological polar surface area (TPSA) is 137 Å². The molecular weight excluding hydrogens is 595 g/mol. The van der Waals surface area contributed by atoms with E-state index in [-0.39, 0.29) is 60.6 Å². The normalized spacial score (nSPS) is 12.2. The molecule has 0 atom stereocenters. The second-order valence-corrected chi connectivity index (χ2v) is 13.3. The Labute approximate surface area is 238 Å². The quantitative estimate of drug-likeness (QED) is 0.229. The zero-order valence-electron chi connectivity index (χ0n) is 21.8. The van der Waals surface area contributed by atoms with Gasteiger partial charge in [0.1, 0.15) is 0 Å². The van der Waals surface area contributed by atoms with Gasteiger partial charge >= 0.3 is 11.9 Å². The Hall–Kier alpha value is -2.10. The highest BCUT2D eigenvalue weighted by atomic mass is 35.5. The van der Waals surface area contributed by atoms with E-state index in [9.17, 15) is 26.4 Å². The van der Waals surface area contributed by atoms with Crippen molar-refractivity contribution < 1.29 is 40.6 Å². The van der Waals surface area contributed by atoms with Gasteiger partial charge in [0, 0.05) is 40.4 Å². The molecule has 0 saturated carbocycles. The SMILES string of the molecule is COCCN(Cc1ccc(C(=O)OC(=O)c2ccc(CN(CCOC)S(C)(=O)=O)cc2Cl)c(Cl)c1)S(C)(=O)=O. The number of hydrogen-bond donors (Lipinski definition) is 0. The molecule has 0 aliphatic rings. The lowest BCUT2D eigenvalue weighted by Gasteiger charge is -2.20. The number of nitrogens with zero attached hydrogens (tertiary/aromatic N) is 2. The minimum atomic E-state index is -3.52. The Kier molecular flexibility index (Phi) is 12.3. The molecule has 0 spiro atoms. The molecule has 0 aliphatic heterocycles. The third-order valence-electron chi connectivity index (χ3n) is 5.44. The zero-order chi connectivity index (χ0) is 29.4. The summed E-state index contributed by atoms with van der Waals surface area (Å²) in [6.45, 7) is 0.649. The van der Waals surface area contributed by atoms with Crippen molar-refractivity contribution in [3.63, 3.8) is 0 Å². The van der Waals surface area contributed by atoms with E-state index in [1.54, 1.807) is 0 Å². The fourth-order valence-electron chi connectivity index (χ4n) is 3.36. The molecule has 216 valence electrons. The van der Waals surface area contributed by atoms with Crippen LogP contribution < -0.4 is 0 Å². The second-order valence-electron chi connectivity index (χ2n) is 8.48. The summed E-state index contributed by atoms with van der Waals surface area (Å²) in [5.41, 5.74) is 0.811. The average Bonchev–Trinajstić information content (AvgIpc) is 2.82. The monoisotopic (exact) mass is 624 g/mol. The zero-order valence-corrected chi connectivity index (χ0v) is 25.0. The van der Waals surface area contributed by atoms with Crippen LogP contribution in [0.2, 0.25) is 10.0 Å². The highest BCUT2D eigenvalue weighted by Gasteiger charge is 2.23. The van der Waals surface area contributed by atoms with Crippen LogP contribution in [0.4, 0.5) is 0 Å². The number of halogens is 2. The van der Waals surface area contributed by atoms with E-state index in [1.807, 2.05) is 0 Å². The molecule has 11 nitrogen and oxygen atoms in total. The maximum Gasteiger partial charge on any atom is 0.347 e. The van der Waals surface area contributed by atoms with Crippen LogP contribution in [-0.4, -0.2) is 90.4 Å². The van der Waals surface area contributed by atoms with Crippen LogP contribution in [0.3, 0.4) is 0 Å². The highest BCUT2D eigenvalue weighted by Crippen LogP contribution is 2.24. The summed E-state index contributed by atoms with van der Waals surface area (Å²) in [6.07, 6.45) is 2.14. The molecule has 0 N–H and O–H groups in total. The van der Waals surface area contributed by atoms with E-state index in [4.69, 9.17) is 37.4 Å². The molecule has 15 heteroatoms. The number of ether oxygens (including phenoxy) is 3. The summed E-state index contributed by atoms with van der Waals surface area (Å²) >= 11 is 12.5. The number of carbonyl (C=O) groups is 2. The van der Waals surface area contributed by atoms with Gasteiger partial charge in [-0.25, -0.2) is 26.4 Å². The van der Waals surface area contributed by atoms with Crippen LogP contribution in [0.25, 0.3) is 0 Å². The standard InChI is InChI=1S/C24H30Cl2N2O9S2/c1-35-11-9-27(38(3,31)32)15-17-5-7-19(21(25)13-17)23(29)37-24(30)20-8-6-18(14-22(20)26)16-28(10-12-36-2)39(4,33)34/h5-8,13-14H,9-12,15-16H2,1-4H3. The lowest BCUT2D eigenvalue weighted by atomic mass is 10.1. The number of hydrogen-bond acceptors (Lipinski definition) is 9. The first-order valence-corrected chi connectivity index (χ1v) is 15.8. The van der Waals surface area contributed by atoms with E-state index < -0.39 is 32.0 Å². The summed E-state index contributed by atoms with van der Waals surface area (Å²) in [7, 11) is -4.14. The third-order valence-corrected chi connectivity index (χ3v) is 8.56. The molecule has 0 radical (unpaired) electrons. The second kappa shape index (κ2) is 14.5. The molecule has 2 aromatic rings. The number of sulfonamides is 2. The predicted molar refractivity (Wildman–Crippen MR) is 147 cm³/mol. The van der Waals surface area contributed by atoms with Crippen molar-refractivity contribution in [3.8, 4) is 0 Å². The van der Waals surface area contributed by atoms with Gasteiger partial charge < -0.3 is 14.2 Å². The molecular formula is C24H30Cl2N2O9S2. The Morgan fingerprint density at radius 3 is 1.36 bits per heavy atom. The van der Waals surface area contributed by atoms with Gasteiger partial charge in [-0.3, -0.25) is 0 Å². The van der Waals surface area contributed by atoms with E-state index in [1.165, 1.54) is 59.2 Å². The maximum absolute atomic E-state index is 12.6. The van der Waals surface area contributed by atoms with Crippen molar-refractivity contribution in [2.24, 2.45) is 0 Å². The molecule has 2 rings (SSSR count). The van der Waals surface area contributed by atoms with Gasteiger partial charge in [0.2, 0.25) is 20.0 Å². The molecule has 39 heavy (non-hydrogen) atoms. The van der Waals surface area contributed by atoms with Crippen molar-refractivity contribution in [2.45, 2.75) is 13.1 Å². The molecule has 0 aliphatic carbocycles. The average molecular weight is 626 g/mol. The van der Waals surface area contributed by atoms with Gasteiger partial charge in [-0.2, -0.15) is 8.61 Å². The fourth-order valence-corrected chi connectivity index (χ4v) is 5.50. The lowest BCUT2D eigenvalue weighted by molar-refractivity contribution is 0.0398. The van der Waals surface area contributed by atoms with Crippen LogP contribution in [0.15, 0.2) is 36.4 Å². The van der Waals surface area contributed by atoms with E-state index in [0.717, 1.165) is 12.5 Å². The largest absolute Gasteiger partial charge is 0.386 e. The van der Waals surface area contributed by atoms with Crippen molar-refractivity contribution in [1.29, 1.82) is 0 Å². The first kappa shape index (κ1) is 33.1. The van der Waals surface area contributed by atoms with Gasteiger partial charge in [-0.05, 0) is 35.4 Å². The Morgan fingerprint density at radius 1 is 0.718 bits per heavy atom. The number of methoxy groups -OCH3 is 2. The molecule has 0 heterocycles. The fraction of sp³-hybridized carbons (Fsp3) is 0.417. The number of carbonyl (C=O) groups excluding carboxylic acids is 2. The van der Waals surface area contributed by atoms with Gasteiger partial charge in [0.15, 0.2) is 0 Å². The number of esters is 2. The van der Waals surface area contributed by atoms with Crippen LogP contribution in [-0.2, 0) is 47.3 Å². The Bertz CT molecular complexity index is 1290. The van der Waals surface area contributed by atoms with Gasteiger partial charge in [-0.1, -0.05) is 35.3 Å². The van der Waals surface area contributed by atoms with E-state index in [2.05, 4.69) is 0 Å². The molecule has 0 aromatic heterocycles. The van der Waals surface area contributed by atoms with Crippen molar-refractivity contribution in [1.82, 2.24) is 8.61 Å². The van der Waals surface area contributed by atoms with Gasteiger partial charge in [0.05, 0.1) is 46.9 Å². The van der Waals surface area contributed by atoms with Crippen LogP contribution in [0.1, 0.15) is 31.8 Å². The Morgan fingerprint density at radius 2 is 1.08 bits per heavy atom. The molecule has 2 aromatic carbocycles. The molecule has 0 unspecified atom stereocenters. The van der Waals surface area contributed by atoms with Crippen LogP contribution >= 0.6 is 23.2 Å². The summed E-state index contributed by atoms with van der Waals surface area (Å²) in [5, 5.41) is -0.0762. The van der Waals surface area contributed by atoms with Crippen molar-refractivity contribution in [2.75, 3.05) is 53.0 Å². The Balaban J connectivity index is 2.14. The van der Waals surface area contributed by atoms with Gasteiger partial charge in [0.25, 0.3) is 0 Å². The van der Waals surface area contributed by atoms with Crippen molar-refractivity contribution in [3.05, 3.63) is 68.7 Å². The first-order valence-electron chi connectivity index (χ1n) is 11.4. The maximum atomic E-state index is 12.6. The van der Waals surface area contributed by atoms with E-state index in [0.29, 0.717) is 11.1 Å². The van der Waals surface area contributed by atoms with Gasteiger partial charge in [-0.15, -0.1) is 0 Å². The van der Waals surface area contributed by atoms with Crippen LogP contribution in [0, 0.1) is 0 Å². The molecule has 0 amide bonds. The molecule has 0 fully saturated rings. The van der Waals surface area contributed by atoms with E-state index >= 15 is 0 Å². The third kappa shape index (κ3) is 10.1. The number of rotatable bonds is 14. The predicted octanol–water partition coefficient (Wildman–Crippen LogP) is 2.81. The van der Waals surface area contributed by atoms with Crippen LogP contribution in [0.5, 0.6) is 0 Å².